The molecule has 0 radical (unpaired) electrons. The maximum atomic E-state index is 13.5. The Morgan fingerprint density at radius 3 is 2.50 bits per heavy atom. The van der Waals surface area contributed by atoms with Crippen molar-refractivity contribution in [2.45, 2.75) is 0 Å². The molecule has 0 aliphatic rings. The van der Waals surface area contributed by atoms with Gasteiger partial charge in [-0.15, -0.1) is 0 Å². The summed E-state index contributed by atoms with van der Waals surface area (Å²) in [6.45, 7) is 0. The van der Waals surface area contributed by atoms with Gasteiger partial charge in [-0.05, 0) is 34.1 Å². The molecule has 0 amide bonds. The van der Waals surface area contributed by atoms with Crippen molar-refractivity contribution in [2.75, 3.05) is 29.7 Å². The topological polar surface area (TPSA) is 92.0 Å². The van der Waals surface area contributed by atoms with Gasteiger partial charge in [0.05, 0.1) is 4.47 Å². The third-order valence-corrected chi connectivity index (χ3v) is 2.97. The molecule has 2 rings (SSSR count). The van der Waals surface area contributed by atoms with E-state index in [1.807, 2.05) is 0 Å². The molecule has 0 bridgehead atoms. The summed E-state index contributed by atoms with van der Waals surface area (Å²) in [6, 6.07) is 4.62. The summed E-state index contributed by atoms with van der Waals surface area (Å²) in [7, 11) is 3.58. The molecule has 0 spiro atoms. The molecule has 1 heterocycles. The molecule has 0 saturated carbocycles. The highest BCUT2D eigenvalue weighted by atomic mass is 79.9. The van der Waals surface area contributed by atoms with Crippen molar-refractivity contribution in [3.05, 3.63) is 28.5 Å². The minimum absolute atomic E-state index is 0.212. The van der Waals surface area contributed by atoms with Gasteiger partial charge in [0.1, 0.15) is 5.82 Å². The predicted molar refractivity (Wildman–Crippen MR) is 79.3 cm³/mol. The standard InChI is InChI=1S/C11H13BrFN7/c1-20(2)11-17-9(16-10(18-11)19-14)15-6-3-4-7(12)8(13)5-6/h3-5H,14H2,1-2H3,(H2,15,16,17,18,19). The molecule has 20 heavy (non-hydrogen) atoms. The summed E-state index contributed by atoms with van der Waals surface area (Å²) < 4.78 is 13.8. The molecule has 0 fully saturated rings. The van der Waals surface area contributed by atoms with Crippen molar-refractivity contribution in [3.8, 4) is 0 Å². The molecule has 9 heteroatoms. The average molecular weight is 342 g/mol. The molecule has 0 atom stereocenters. The molecule has 1 aromatic carbocycles. The Hall–Kier alpha value is -2.00. The summed E-state index contributed by atoms with van der Waals surface area (Å²) in [4.78, 5) is 14.0. The Balaban J connectivity index is 2.32. The van der Waals surface area contributed by atoms with Crippen molar-refractivity contribution in [3.63, 3.8) is 0 Å². The summed E-state index contributed by atoms with van der Waals surface area (Å²) in [5, 5.41) is 2.90. The highest BCUT2D eigenvalue weighted by Gasteiger charge is 2.08. The highest BCUT2D eigenvalue weighted by Crippen LogP contribution is 2.22. The van der Waals surface area contributed by atoms with Crippen LogP contribution in [0.5, 0.6) is 0 Å². The van der Waals surface area contributed by atoms with Gasteiger partial charge in [-0.3, -0.25) is 5.43 Å². The van der Waals surface area contributed by atoms with Crippen LogP contribution in [0.25, 0.3) is 0 Å². The van der Waals surface area contributed by atoms with E-state index in [4.69, 9.17) is 5.84 Å². The minimum Gasteiger partial charge on any atom is -0.347 e. The molecule has 106 valence electrons. The predicted octanol–water partition coefficient (Wildman–Crippen LogP) is 1.87. The molecule has 0 unspecified atom stereocenters. The smallest absolute Gasteiger partial charge is 0.243 e. The normalized spacial score (nSPS) is 10.2. The quantitative estimate of drug-likeness (QED) is 0.577. The van der Waals surface area contributed by atoms with Gasteiger partial charge in [0.15, 0.2) is 0 Å². The lowest BCUT2D eigenvalue weighted by Crippen LogP contribution is -2.18. The number of nitrogens with zero attached hydrogens (tertiary/aromatic N) is 4. The van der Waals surface area contributed by atoms with Crippen molar-refractivity contribution in [2.24, 2.45) is 5.84 Å². The first kappa shape index (κ1) is 14.4. The second-order valence-corrected chi connectivity index (χ2v) is 4.93. The maximum Gasteiger partial charge on any atom is 0.243 e. The Morgan fingerprint density at radius 1 is 1.20 bits per heavy atom. The van der Waals surface area contributed by atoms with E-state index in [-0.39, 0.29) is 17.7 Å². The summed E-state index contributed by atoms with van der Waals surface area (Å²) >= 11 is 3.09. The number of nitrogen functional groups attached to an aromatic ring is 1. The van der Waals surface area contributed by atoms with E-state index in [0.29, 0.717) is 16.1 Å². The molecule has 4 N–H and O–H groups in total. The number of anilines is 4. The molecule has 2 aromatic rings. The van der Waals surface area contributed by atoms with Gasteiger partial charge in [-0.1, -0.05) is 0 Å². The highest BCUT2D eigenvalue weighted by molar-refractivity contribution is 9.10. The van der Waals surface area contributed by atoms with Gasteiger partial charge in [0, 0.05) is 19.8 Å². The van der Waals surface area contributed by atoms with Crippen LogP contribution in [0.15, 0.2) is 22.7 Å². The lowest BCUT2D eigenvalue weighted by molar-refractivity contribution is 0.622. The van der Waals surface area contributed by atoms with E-state index in [0.717, 1.165) is 0 Å². The van der Waals surface area contributed by atoms with E-state index in [1.165, 1.54) is 6.07 Å². The van der Waals surface area contributed by atoms with E-state index in [1.54, 1.807) is 31.1 Å². The van der Waals surface area contributed by atoms with Gasteiger partial charge in [0.2, 0.25) is 17.8 Å². The van der Waals surface area contributed by atoms with Crippen molar-refractivity contribution >= 4 is 39.5 Å². The van der Waals surface area contributed by atoms with Gasteiger partial charge < -0.3 is 10.2 Å². The van der Waals surface area contributed by atoms with Crippen LogP contribution in [0, 0.1) is 5.82 Å². The first-order valence-electron chi connectivity index (χ1n) is 5.61. The zero-order valence-electron chi connectivity index (χ0n) is 10.9. The first-order valence-corrected chi connectivity index (χ1v) is 6.41. The van der Waals surface area contributed by atoms with Gasteiger partial charge in [0.25, 0.3) is 0 Å². The fourth-order valence-corrected chi connectivity index (χ4v) is 1.63. The Kier molecular flexibility index (Phi) is 4.30. The van der Waals surface area contributed by atoms with E-state index < -0.39 is 0 Å². The summed E-state index contributed by atoms with van der Waals surface area (Å²) in [5.74, 6) is 5.83. The number of nitrogens with two attached hydrogens (primary N) is 1. The second kappa shape index (κ2) is 5.97. The molecule has 0 aliphatic heterocycles. The lowest BCUT2D eigenvalue weighted by atomic mass is 10.3. The van der Waals surface area contributed by atoms with E-state index in [9.17, 15) is 4.39 Å². The molecule has 1 aromatic heterocycles. The van der Waals surface area contributed by atoms with Crippen molar-refractivity contribution < 1.29 is 4.39 Å². The average Bonchev–Trinajstić information content (AvgIpc) is 2.42. The van der Waals surface area contributed by atoms with E-state index >= 15 is 0 Å². The molecule has 0 aliphatic carbocycles. The molecule has 0 saturated heterocycles. The summed E-state index contributed by atoms with van der Waals surface area (Å²) in [6.07, 6.45) is 0. The zero-order valence-corrected chi connectivity index (χ0v) is 12.4. The number of halogens is 2. The third kappa shape index (κ3) is 3.31. The number of aromatic nitrogens is 3. The summed E-state index contributed by atoms with van der Waals surface area (Å²) in [5.41, 5.74) is 2.88. The van der Waals surface area contributed by atoms with Crippen LogP contribution in [0.1, 0.15) is 0 Å². The third-order valence-electron chi connectivity index (χ3n) is 2.33. The fourth-order valence-electron chi connectivity index (χ4n) is 1.39. The number of benzene rings is 1. The zero-order chi connectivity index (χ0) is 14.7. The van der Waals surface area contributed by atoms with Crippen molar-refractivity contribution in [1.82, 2.24) is 15.0 Å². The number of hydrogen-bond donors (Lipinski definition) is 3. The van der Waals surface area contributed by atoms with E-state index in [2.05, 4.69) is 41.6 Å². The van der Waals surface area contributed by atoms with Crippen LogP contribution in [0.2, 0.25) is 0 Å². The van der Waals surface area contributed by atoms with Crippen LogP contribution in [-0.4, -0.2) is 29.0 Å². The maximum absolute atomic E-state index is 13.5. The van der Waals surface area contributed by atoms with Crippen LogP contribution in [0.4, 0.5) is 27.9 Å². The van der Waals surface area contributed by atoms with Crippen LogP contribution in [-0.2, 0) is 0 Å². The van der Waals surface area contributed by atoms with Crippen molar-refractivity contribution in [1.29, 1.82) is 0 Å². The number of hydrogen-bond acceptors (Lipinski definition) is 7. The monoisotopic (exact) mass is 341 g/mol. The Labute approximate surface area is 123 Å². The first-order chi connectivity index (χ1) is 9.49. The number of rotatable bonds is 4. The fraction of sp³-hybridized carbons (Fsp3) is 0.182. The van der Waals surface area contributed by atoms with Gasteiger partial charge in [-0.25, -0.2) is 10.2 Å². The van der Waals surface area contributed by atoms with Crippen LogP contribution in [0.3, 0.4) is 0 Å². The molecular weight excluding hydrogens is 329 g/mol. The second-order valence-electron chi connectivity index (χ2n) is 4.08. The van der Waals surface area contributed by atoms with Crippen LogP contribution < -0.4 is 21.5 Å². The number of nitrogens with one attached hydrogen (secondary N) is 2. The minimum atomic E-state index is -0.380. The Morgan fingerprint density at radius 2 is 1.90 bits per heavy atom. The van der Waals surface area contributed by atoms with Gasteiger partial charge >= 0.3 is 0 Å². The number of hydrazine groups is 1. The molecular formula is C11H13BrFN7. The van der Waals surface area contributed by atoms with Gasteiger partial charge in [-0.2, -0.15) is 15.0 Å². The largest absolute Gasteiger partial charge is 0.347 e. The molecule has 7 nitrogen and oxygen atoms in total. The SMILES string of the molecule is CN(C)c1nc(NN)nc(Nc2ccc(Br)c(F)c2)n1. The van der Waals surface area contributed by atoms with Crippen LogP contribution >= 0.6 is 15.9 Å². The lowest BCUT2D eigenvalue weighted by Gasteiger charge is -2.13. The Bertz CT molecular complexity index is 620.